The molecule has 3 aromatic rings. The summed E-state index contributed by atoms with van der Waals surface area (Å²) < 4.78 is 26.3. The first-order valence-corrected chi connectivity index (χ1v) is 11.3. The highest BCUT2D eigenvalue weighted by Gasteiger charge is 2.28. The van der Waals surface area contributed by atoms with Gasteiger partial charge in [-0.2, -0.15) is 0 Å². The number of hydrogen-bond acceptors (Lipinski definition) is 7. The summed E-state index contributed by atoms with van der Waals surface area (Å²) in [5.41, 5.74) is 1.54. The number of rotatable bonds is 3. The summed E-state index contributed by atoms with van der Waals surface area (Å²) in [5, 5.41) is 3.92. The maximum Gasteiger partial charge on any atom is 0.230 e. The first-order chi connectivity index (χ1) is 12.5. The van der Waals surface area contributed by atoms with Crippen molar-refractivity contribution in [3.8, 4) is 0 Å². The second kappa shape index (κ2) is 6.75. The SMILES string of the molecule is CS(=O)(=O)NC1=Nc2ncccc2C(c2cccs2)=NC1c1cccs1. The summed E-state index contributed by atoms with van der Waals surface area (Å²) in [6, 6.07) is 11.0. The smallest absolute Gasteiger partial charge is 0.230 e. The lowest BCUT2D eigenvalue weighted by atomic mass is 10.1. The number of sulfonamides is 1. The van der Waals surface area contributed by atoms with E-state index in [0.717, 1.165) is 27.3 Å². The number of hydrogen-bond donors (Lipinski definition) is 1. The van der Waals surface area contributed by atoms with Crippen LogP contribution >= 0.6 is 22.7 Å². The highest BCUT2D eigenvalue weighted by molar-refractivity contribution is 7.89. The van der Waals surface area contributed by atoms with E-state index in [1.54, 1.807) is 17.5 Å². The molecule has 3 aromatic heterocycles. The average molecular weight is 403 g/mol. The van der Waals surface area contributed by atoms with Crippen LogP contribution in [0.15, 0.2) is 63.3 Å². The van der Waals surface area contributed by atoms with Crippen LogP contribution in [0.25, 0.3) is 0 Å². The molecule has 1 unspecified atom stereocenters. The van der Waals surface area contributed by atoms with Crippen LogP contribution in [-0.4, -0.2) is 31.2 Å². The van der Waals surface area contributed by atoms with Gasteiger partial charge in [0.15, 0.2) is 5.82 Å². The molecule has 0 aromatic carbocycles. The summed E-state index contributed by atoms with van der Waals surface area (Å²) in [6.45, 7) is 0. The number of nitrogens with zero attached hydrogens (tertiary/aromatic N) is 3. The fraction of sp³-hybridized carbons (Fsp3) is 0.118. The second-order valence-electron chi connectivity index (χ2n) is 5.62. The molecule has 0 spiro atoms. The van der Waals surface area contributed by atoms with E-state index in [4.69, 9.17) is 4.99 Å². The summed E-state index contributed by atoms with van der Waals surface area (Å²) in [6.07, 6.45) is 2.74. The van der Waals surface area contributed by atoms with Gasteiger partial charge in [0.05, 0.1) is 16.8 Å². The number of thiophene rings is 2. The summed E-state index contributed by atoms with van der Waals surface area (Å²) in [5.74, 6) is 0.700. The minimum absolute atomic E-state index is 0.251. The highest BCUT2D eigenvalue weighted by Crippen LogP contribution is 2.33. The predicted molar refractivity (Wildman–Crippen MR) is 106 cm³/mol. The largest absolute Gasteiger partial charge is 0.269 e. The molecular formula is C17H14N4O2S3. The molecule has 1 aliphatic heterocycles. The van der Waals surface area contributed by atoms with E-state index in [9.17, 15) is 8.42 Å². The topological polar surface area (TPSA) is 83.8 Å². The van der Waals surface area contributed by atoms with E-state index in [2.05, 4.69) is 14.7 Å². The monoisotopic (exact) mass is 402 g/mol. The second-order valence-corrected chi connectivity index (χ2v) is 9.29. The molecule has 0 aliphatic carbocycles. The van der Waals surface area contributed by atoms with Gasteiger partial charge in [0.1, 0.15) is 11.9 Å². The van der Waals surface area contributed by atoms with Gasteiger partial charge in [-0.05, 0) is 35.0 Å². The molecule has 6 nitrogen and oxygen atoms in total. The number of aromatic nitrogens is 1. The zero-order valence-corrected chi connectivity index (χ0v) is 16.1. The maximum atomic E-state index is 11.9. The molecule has 0 amide bonds. The van der Waals surface area contributed by atoms with Crippen LogP contribution in [0.5, 0.6) is 0 Å². The number of amidine groups is 1. The lowest BCUT2D eigenvalue weighted by Gasteiger charge is -2.14. The predicted octanol–water partition coefficient (Wildman–Crippen LogP) is 3.38. The van der Waals surface area contributed by atoms with Gasteiger partial charge in [-0.1, -0.05) is 12.1 Å². The van der Waals surface area contributed by atoms with Gasteiger partial charge in [-0.25, -0.2) is 18.4 Å². The van der Waals surface area contributed by atoms with Crippen molar-refractivity contribution in [3.63, 3.8) is 0 Å². The number of nitrogens with one attached hydrogen (secondary N) is 1. The van der Waals surface area contributed by atoms with E-state index in [1.807, 2.05) is 47.2 Å². The van der Waals surface area contributed by atoms with E-state index in [1.165, 1.54) is 11.3 Å². The maximum absolute atomic E-state index is 11.9. The number of fused-ring (bicyclic) bond motifs is 1. The average Bonchev–Trinajstić information content (AvgIpc) is 3.27. The van der Waals surface area contributed by atoms with Crippen molar-refractivity contribution in [3.05, 3.63) is 68.7 Å². The van der Waals surface area contributed by atoms with Crippen molar-refractivity contribution < 1.29 is 8.42 Å². The van der Waals surface area contributed by atoms with Crippen LogP contribution in [-0.2, 0) is 10.0 Å². The Morgan fingerprint density at radius 1 is 1.08 bits per heavy atom. The normalized spacial score (nSPS) is 17.0. The zero-order chi connectivity index (χ0) is 18.1. The molecule has 1 N–H and O–H groups in total. The van der Waals surface area contributed by atoms with Crippen molar-refractivity contribution in [2.75, 3.05) is 6.26 Å². The molecule has 9 heteroatoms. The number of pyridine rings is 1. The minimum Gasteiger partial charge on any atom is -0.269 e. The van der Waals surface area contributed by atoms with Gasteiger partial charge in [0, 0.05) is 16.6 Å². The Bertz CT molecular complexity index is 1090. The molecule has 0 saturated carbocycles. The summed E-state index contributed by atoms with van der Waals surface area (Å²) in [7, 11) is -3.51. The lowest BCUT2D eigenvalue weighted by Crippen LogP contribution is -2.33. The summed E-state index contributed by atoms with van der Waals surface area (Å²) >= 11 is 3.08. The van der Waals surface area contributed by atoms with Crippen molar-refractivity contribution in [1.82, 2.24) is 9.71 Å². The standard InChI is InChI=1S/C17H14N4O2S3/c1-26(22,23)21-17-15(13-7-4-10-25-13)19-14(12-6-3-9-24-12)11-5-2-8-18-16(11)20-17/h2-10,15H,1H3,(H,18,20,21). The van der Waals surface area contributed by atoms with Crippen LogP contribution in [0.2, 0.25) is 0 Å². The van der Waals surface area contributed by atoms with Crippen molar-refractivity contribution in [2.45, 2.75) is 6.04 Å². The van der Waals surface area contributed by atoms with E-state index in [-0.39, 0.29) is 5.84 Å². The molecule has 0 radical (unpaired) electrons. The fourth-order valence-corrected chi connectivity index (χ4v) is 4.67. The van der Waals surface area contributed by atoms with Crippen molar-refractivity contribution >= 4 is 50.1 Å². The summed E-state index contributed by atoms with van der Waals surface area (Å²) in [4.78, 5) is 15.7. The molecule has 0 bridgehead atoms. The Labute approximate surface area is 159 Å². The van der Waals surface area contributed by atoms with Crippen LogP contribution in [0.4, 0.5) is 5.82 Å². The van der Waals surface area contributed by atoms with Crippen LogP contribution in [0.1, 0.15) is 21.4 Å². The fourth-order valence-electron chi connectivity index (χ4n) is 2.63. The van der Waals surface area contributed by atoms with E-state index >= 15 is 0 Å². The van der Waals surface area contributed by atoms with Crippen LogP contribution < -0.4 is 4.72 Å². The molecule has 26 heavy (non-hydrogen) atoms. The molecule has 4 heterocycles. The van der Waals surface area contributed by atoms with Gasteiger partial charge in [-0.15, -0.1) is 22.7 Å². The first kappa shape index (κ1) is 17.1. The lowest BCUT2D eigenvalue weighted by molar-refractivity contribution is 0.597. The molecular weight excluding hydrogens is 388 g/mol. The van der Waals surface area contributed by atoms with Gasteiger partial charge in [-0.3, -0.25) is 9.71 Å². The number of aliphatic imine (C=N–C) groups is 2. The van der Waals surface area contributed by atoms with Gasteiger partial charge in [0.2, 0.25) is 10.0 Å². The van der Waals surface area contributed by atoms with Crippen molar-refractivity contribution in [2.24, 2.45) is 9.98 Å². The molecule has 0 fully saturated rings. The molecule has 4 rings (SSSR count). The van der Waals surface area contributed by atoms with Crippen LogP contribution in [0.3, 0.4) is 0 Å². The quantitative estimate of drug-likeness (QED) is 0.729. The van der Waals surface area contributed by atoms with Gasteiger partial charge >= 0.3 is 0 Å². The van der Waals surface area contributed by atoms with Crippen LogP contribution in [0, 0.1) is 0 Å². The Morgan fingerprint density at radius 2 is 1.88 bits per heavy atom. The minimum atomic E-state index is -3.51. The third kappa shape index (κ3) is 3.46. The highest BCUT2D eigenvalue weighted by atomic mass is 32.2. The Hall–Kier alpha value is -2.36. The zero-order valence-electron chi connectivity index (χ0n) is 13.7. The molecule has 132 valence electrons. The molecule has 0 saturated heterocycles. The van der Waals surface area contributed by atoms with Gasteiger partial charge in [0.25, 0.3) is 0 Å². The Balaban J connectivity index is 1.96. The third-order valence-corrected chi connectivity index (χ3v) is 6.02. The van der Waals surface area contributed by atoms with E-state index in [0.29, 0.717) is 5.82 Å². The van der Waals surface area contributed by atoms with E-state index < -0.39 is 16.1 Å². The molecule has 1 aliphatic rings. The van der Waals surface area contributed by atoms with Crippen molar-refractivity contribution in [1.29, 1.82) is 0 Å². The Kier molecular flexibility index (Phi) is 4.43. The first-order valence-electron chi connectivity index (χ1n) is 7.68. The molecule has 1 atom stereocenters. The van der Waals surface area contributed by atoms with Gasteiger partial charge < -0.3 is 0 Å². The third-order valence-electron chi connectivity index (χ3n) is 3.64. The Morgan fingerprint density at radius 3 is 2.58 bits per heavy atom.